The Hall–Kier alpha value is -2.80. The smallest absolute Gasteiger partial charge is 0.254 e. The molecule has 0 bridgehead atoms. The summed E-state index contributed by atoms with van der Waals surface area (Å²) in [5.41, 5.74) is 2.79. The van der Waals surface area contributed by atoms with Gasteiger partial charge in [0.2, 0.25) is 0 Å². The summed E-state index contributed by atoms with van der Waals surface area (Å²) in [7, 11) is 0. The van der Waals surface area contributed by atoms with Crippen molar-refractivity contribution in [1.82, 2.24) is 24.6 Å². The number of nitrogens with one attached hydrogen (secondary N) is 1. The number of rotatable bonds is 4. The summed E-state index contributed by atoms with van der Waals surface area (Å²) in [6.07, 6.45) is 3.48. The summed E-state index contributed by atoms with van der Waals surface area (Å²) in [5.74, 6) is 2.27. The van der Waals surface area contributed by atoms with Crippen LogP contribution in [0, 0.1) is 0 Å². The average molecular weight is 409 g/mol. The second kappa shape index (κ2) is 6.84. The number of aromatic nitrogens is 5. The molecule has 0 amide bonds. The maximum Gasteiger partial charge on any atom is 0.254 e. The van der Waals surface area contributed by atoms with Gasteiger partial charge in [0.1, 0.15) is 5.82 Å². The van der Waals surface area contributed by atoms with E-state index in [9.17, 15) is 0 Å². The Morgan fingerprint density at radius 3 is 2.58 bits per heavy atom. The minimum Gasteiger partial charge on any atom is -0.340 e. The van der Waals surface area contributed by atoms with E-state index in [-0.39, 0.29) is 5.92 Å². The van der Waals surface area contributed by atoms with E-state index in [2.05, 4.69) is 55.1 Å². The topological polar surface area (TPSA) is 68.0 Å². The van der Waals surface area contributed by atoms with Gasteiger partial charge in [-0.15, -0.1) is 5.10 Å². The lowest BCUT2D eigenvalue weighted by molar-refractivity contribution is 0.809. The largest absolute Gasteiger partial charge is 0.340 e. The predicted molar refractivity (Wildman–Crippen MR) is 106 cm³/mol. The third-order valence-corrected chi connectivity index (χ3v) is 4.49. The molecule has 7 heteroatoms. The van der Waals surface area contributed by atoms with Crippen molar-refractivity contribution in [1.29, 1.82) is 0 Å². The van der Waals surface area contributed by atoms with Gasteiger partial charge in [-0.25, -0.2) is 4.98 Å². The van der Waals surface area contributed by atoms with Crippen LogP contribution in [0.2, 0.25) is 0 Å². The quantitative estimate of drug-likeness (QED) is 0.524. The van der Waals surface area contributed by atoms with Crippen LogP contribution in [0.5, 0.6) is 0 Å². The normalized spacial score (nSPS) is 11.2. The highest BCUT2D eigenvalue weighted by Gasteiger charge is 2.14. The summed E-state index contributed by atoms with van der Waals surface area (Å²) in [5, 5.41) is 8.05. The highest BCUT2D eigenvalue weighted by molar-refractivity contribution is 9.10. The van der Waals surface area contributed by atoms with Crippen LogP contribution in [-0.2, 0) is 0 Å². The Balaban J connectivity index is 1.83. The third-order valence-electron chi connectivity index (χ3n) is 3.96. The molecule has 130 valence electrons. The lowest BCUT2D eigenvalue weighted by Gasteiger charge is -2.11. The maximum atomic E-state index is 4.66. The number of hydrogen-bond donors (Lipinski definition) is 1. The number of halogens is 1. The van der Waals surface area contributed by atoms with Crippen molar-refractivity contribution in [3.8, 4) is 11.4 Å². The van der Waals surface area contributed by atoms with E-state index in [1.54, 1.807) is 16.9 Å². The second-order valence-electron chi connectivity index (χ2n) is 6.24. The van der Waals surface area contributed by atoms with E-state index >= 15 is 0 Å². The van der Waals surface area contributed by atoms with Gasteiger partial charge in [-0.3, -0.25) is 4.98 Å². The Morgan fingerprint density at radius 1 is 1.08 bits per heavy atom. The fourth-order valence-corrected chi connectivity index (χ4v) is 2.83. The van der Waals surface area contributed by atoms with Gasteiger partial charge in [-0.05, 0) is 42.3 Å². The van der Waals surface area contributed by atoms with E-state index < -0.39 is 0 Å². The molecule has 3 aromatic heterocycles. The molecule has 0 aliphatic heterocycles. The molecule has 0 radical (unpaired) electrons. The Morgan fingerprint density at radius 2 is 1.88 bits per heavy atom. The van der Waals surface area contributed by atoms with E-state index in [4.69, 9.17) is 0 Å². The van der Waals surface area contributed by atoms with Gasteiger partial charge in [0.25, 0.3) is 5.78 Å². The van der Waals surface area contributed by atoms with Crippen LogP contribution in [-0.4, -0.2) is 24.6 Å². The monoisotopic (exact) mass is 408 g/mol. The first-order chi connectivity index (χ1) is 12.6. The van der Waals surface area contributed by atoms with Crippen molar-refractivity contribution in [2.45, 2.75) is 19.8 Å². The van der Waals surface area contributed by atoms with Crippen molar-refractivity contribution in [3.63, 3.8) is 0 Å². The predicted octanol–water partition coefficient (Wildman–Crippen LogP) is 4.82. The van der Waals surface area contributed by atoms with Crippen LogP contribution in [0.4, 0.5) is 11.5 Å². The molecular weight excluding hydrogens is 392 g/mol. The minimum absolute atomic E-state index is 0.281. The Bertz CT molecular complexity index is 1040. The standard InChI is InChI=1S/C19H17BrN6/c1-12(2)16-10-17(22-15-7-5-14(20)6-8-15)26-19(23-16)24-18(25-26)13-4-3-9-21-11-13/h3-12,22H,1-2H3. The van der Waals surface area contributed by atoms with Crippen LogP contribution < -0.4 is 5.32 Å². The van der Waals surface area contributed by atoms with Crippen molar-refractivity contribution in [2.75, 3.05) is 5.32 Å². The van der Waals surface area contributed by atoms with E-state index in [1.165, 1.54) is 0 Å². The Kier molecular flexibility index (Phi) is 4.38. The highest BCUT2D eigenvalue weighted by Crippen LogP contribution is 2.24. The molecule has 0 saturated heterocycles. The fraction of sp³-hybridized carbons (Fsp3) is 0.158. The zero-order chi connectivity index (χ0) is 18.1. The lowest BCUT2D eigenvalue weighted by Crippen LogP contribution is -2.05. The molecule has 0 fully saturated rings. The van der Waals surface area contributed by atoms with Gasteiger partial charge in [-0.1, -0.05) is 29.8 Å². The molecule has 0 unspecified atom stereocenters. The zero-order valence-corrected chi connectivity index (χ0v) is 16.0. The number of nitrogens with zero attached hydrogens (tertiary/aromatic N) is 5. The van der Waals surface area contributed by atoms with Crippen molar-refractivity contribution in [2.24, 2.45) is 0 Å². The van der Waals surface area contributed by atoms with Gasteiger partial charge in [-0.2, -0.15) is 9.50 Å². The zero-order valence-electron chi connectivity index (χ0n) is 14.4. The maximum absolute atomic E-state index is 4.66. The number of benzene rings is 1. The van der Waals surface area contributed by atoms with E-state index in [0.717, 1.165) is 27.2 Å². The molecule has 1 N–H and O–H groups in total. The molecule has 4 aromatic rings. The van der Waals surface area contributed by atoms with Crippen molar-refractivity contribution >= 4 is 33.2 Å². The first-order valence-corrected chi connectivity index (χ1v) is 9.10. The van der Waals surface area contributed by atoms with E-state index in [1.807, 2.05) is 42.5 Å². The molecule has 0 aliphatic rings. The van der Waals surface area contributed by atoms with Gasteiger partial charge in [0, 0.05) is 34.2 Å². The average Bonchev–Trinajstić information content (AvgIpc) is 3.09. The highest BCUT2D eigenvalue weighted by atomic mass is 79.9. The molecule has 0 saturated carbocycles. The number of hydrogen-bond acceptors (Lipinski definition) is 5. The SMILES string of the molecule is CC(C)c1cc(Nc2ccc(Br)cc2)n2nc(-c3cccnc3)nc2n1. The van der Waals surface area contributed by atoms with Crippen LogP contribution in [0.1, 0.15) is 25.5 Å². The molecule has 6 nitrogen and oxygen atoms in total. The van der Waals surface area contributed by atoms with Crippen LogP contribution in [0.3, 0.4) is 0 Å². The number of fused-ring (bicyclic) bond motifs is 1. The first kappa shape index (κ1) is 16.7. The molecule has 0 atom stereocenters. The van der Waals surface area contributed by atoms with Crippen molar-refractivity contribution in [3.05, 3.63) is 65.0 Å². The molecule has 3 heterocycles. The summed E-state index contributed by atoms with van der Waals surface area (Å²) in [6, 6.07) is 13.8. The lowest BCUT2D eigenvalue weighted by atomic mass is 10.1. The molecule has 1 aromatic carbocycles. The summed E-state index contributed by atoms with van der Waals surface area (Å²) < 4.78 is 2.77. The van der Waals surface area contributed by atoms with Gasteiger partial charge >= 0.3 is 0 Å². The molecule has 26 heavy (non-hydrogen) atoms. The summed E-state index contributed by atoms with van der Waals surface area (Å²) in [4.78, 5) is 13.4. The van der Waals surface area contributed by atoms with Crippen LogP contribution in [0.15, 0.2) is 59.3 Å². The molecule has 4 rings (SSSR count). The molecule has 0 aliphatic carbocycles. The summed E-state index contributed by atoms with van der Waals surface area (Å²) >= 11 is 3.46. The number of pyridine rings is 1. The minimum atomic E-state index is 0.281. The fourth-order valence-electron chi connectivity index (χ4n) is 2.57. The number of anilines is 2. The Labute approximate surface area is 159 Å². The third kappa shape index (κ3) is 3.30. The van der Waals surface area contributed by atoms with Gasteiger partial charge in [0.15, 0.2) is 5.82 Å². The molecule has 0 spiro atoms. The van der Waals surface area contributed by atoms with Crippen molar-refractivity contribution < 1.29 is 0 Å². The molecular formula is C19H17BrN6. The summed E-state index contributed by atoms with van der Waals surface area (Å²) in [6.45, 7) is 4.22. The van der Waals surface area contributed by atoms with Gasteiger partial charge in [0.05, 0.1) is 5.69 Å². The van der Waals surface area contributed by atoms with Crippen LogP contribution in [0.25, 0.3) is 17.2 Å². The second-order valence-corrected chi connectivity index (χ2v) is 7.16. The van der Waals surface area contributed by atoms with Crippen LogP contribution >= 0.6 is 15.9 Å². The van der Waals surface area contributed by atoms with E-state index in [0.29, 0.717) is 11.6 Å². The first-order valence-electron chi connectivity index (χ1n) is 8.31. The van der Waals surface area contributed by atoms with Gasteiger partial charge < -0.3 is 5.32 Å².